The van der Waals surface area contributed by atoms with Gasteiger partial charge >= 0.3 is 5.97 Å². The van der Waals surface area contributed by atoms with Crippen LogP contribution >= 0.6 is 0 Å². The first-order chi connectivity index (χ1) is 8.71. The van der Waals surface area contributed by atoms with Crippen molar-refractivity contribution < 1.29 is 19.1 Å². The average molecular weight is 268 g/mol. The largest absolute Gasteiger partial charge is 0.481 e. The molecule has 0 unspecified atom stereocenters. The molecule has 104 valence electrons. The van der Waals surface area contributed by atoms with Gasteiger partial charge in [0.25, 0.3) is 5.91 Å². The van der Waals surface area contributed by atoms with Crippen LogP contribution in [0, 0.1) is 5.82 Å². The number of nitrogens with two attached hydrogens (primary N) is 1. The van der Waals surface area contributed by atoms with Crippen LogP contribution in [0.1, 0.15) is 37.0 Å². The van der Waals surface area contributed by atoms with Gasteiger partial charge in [0, 0.05) is 17.6 Å². The smallest absolute Gasteiger partial charge is 0.303 e. The van der Waals surface area contributed by atoms with Gasteiger partial charge < -0.3 is 16.2 Å². The minimum Gasteiger partial charge on any atom is -0.481 e. The first-order valence-electron chi connectivity index (χ1n) is 5.80. The fraction of sp³-hybridized carbons (Fsp3) is 0.385. The molecular formula is C13H17FN2O3. The van der Waals surface area contributed by atoms with Gasteiger partial charge in [-0.15, -0.1) is 0 Å². The van der Waals surface area contributed by atoms with E-state index in [-0.39, 0.29) is 24.1 Å². The maximum absolute atomic E-state index is 13.1. The lowest BCUT2D eigenvalue weighted by atomic mass is 9.97. The number of aliphatic carboxylic acids is 1. The summed E-state index contributed by atoms with van der Waals surface area (Å²) in [5.74, 6) is -2.01. The number of carboxylic acids is 1. The lowest BCUT2D eigenvalue weighted by Crippen LogP contribution is -2.44. The number of nitrogens with one attached hydrogen (secondary N) is 1. The highest BCUT2D eigenvalue weighted by molar-refractivity contribution is 5.99. The van der Waals surface area contributed by atoms with Crippen LogP contribution in [-0.2, 0) is 4.79 Å². The highest BCUT2D eigenvalue weighted by Gasteiger charge is 2.23. The second-order valence-corrected chi connectivity index (χ2v) is 4.96. The molecule has 0 aliphatic rings. The predicted molar refractivity (Wildman–Crippen MR) is 69.2 cm³/mol. The van der Waals surface area contributed by atoms with E-state index in [2.05, 4.69) is 5.32 Å². The Bertz CT molecular complexity index is 501. The molecule has 0 aliphatic heterocycles. The van der Waals surface area contributed by atoms with Crippen molar-refractivity contribution in [2.24, 2.45) is 0 Å². The molecule has 6 heteroatoms. The van der Waals surface area contributed by atoms with Crippen molar-refractivity contribution in [1.82, 2.24) is 5.32 Å². The monoisotopic (exact) mass is 268 g/mol. The van der Waals surface area contributed by atoms with E-state index in [1.54, 1.807) is 13.8 Å². The van der Waals surface area contributed by atoms with Crippen LogP contribution < -0.4 is 11.1 Å². The third kappa shape index (κ3) is 4.57. The number of hydrogen-bond acceptors (Lipinski definition) is 3. The molecule has 0 aromatic heterocycles. The number of nitrogen functional groups attached to an aromatic ring is 1. The second-order valence-electron chi connectivity index (χ2n) is 4.96. The minimum atomic E-state index is -0.937. The van der Waals surface area contributed by atoms with E-state index >= 15 is 0 Å². The molecule has 1 rings (SSSR count). The summed E-state index contributed by atoms with van der Waals surface area (Å²) in [5.41, 5.74) is 5.11. The van der Waals surface area contributed by atoms with Crippen molar-refractivity contribution in [3.05, 3.63) is 29.6 Å². The van der Waals surface area contributed by atoms with Crippen molar-refractivity contribution in [2.45, 2.75) is 32.2 Å². The van der Waals surface area contributed by atoms with Crippen molar-refractivity contribution in [2.75, 3.05) is 5.73 Å². The van der Waals surface area contributed by atoms with E-state index in [1.807, 2.05) is 0 Å². The minimum absolute atomic E-state index is 0.0448. The first-order valence-corrected chi connectivity index (χ1v) is 5.80. The van der Waals surface area contributed by atoms with Crippen molar-refractivity contribution in [1.29, 1.82) is 0 Å². The maximum Gasteiger partial charge on any atom is 0.303 e. The Kier molecular flexibility index (Phi) is 4.47. The Balaban J connectivity index is 2.78. The zero-order chi connectivity index (χ0) is 14.6. The van der Waals surface area contributed by atoms with Crippen LogP contribution in [0.2, 0.25) is 0 Å². The number of amides is 1. The third-order valence-electron chi connectivity index (χ3n) is 2.68. The summed E-state index contributed by atoms with van der Waals surface area (Å²) in [6, 6.07) is 3.54. The van der Waals surface area contributed by atoms with Gasteiger partial charge in [-0.3, -0.25) is 9.59 Å². The van der Waals surface area contributed by atoms with E-state index in [0.717, 1.165) is 6.07 Å². The number of rotatable bonds is 5. The third-order valence-corrected chi connectivity index (χ3v) is 2.68. The van der Waals surface area contributed by atoms with Gasteiger partial charge in [-0.25, -0.2) is 4.39 Å². The van der Waals surface area contributed by atoms with Crippen LogP contribution in [0.5, 0.6) is 0 Å². The Morgan fingerprint density at radius 1 is 1.42 bits per heavy atom. The molecule has 4 N–H and O–H groups in total. The lowest BCUT2D eigenvalue weighted by molar-refractivity contribution is -0.137. The Morgan fingerprint density at radius 2 is 2.05 bits per heavy atom. The summed E-state index contributed by atoms with van der Waals surface area (Å²) < 4.78 is 13.1. The molecule has 0 radical (unpaired) electrons. The molecule has 0 fully saturated rings. The molecule has 0 heterocycles. The second kappa shape index (κ2) is 5.69. The molecule has 0 bridgehead atoms. The molecule has 0 atom stereocenters. The number of anilines is 1. The summed E-state index contributed by atoms with van der Waals surface area (Å²) >= 11 is 0. The van der Waals surface area contributed by atoms with Gasteiger partial charge in [-0.05, 0) is 38.5 Å². The molecule has 1 amide bonds. The van der Waals surface area contributed by atoms with E-state index in [9.17, 15) is 14.0 Å². The molecular weight excluding hydrogens is 251 g/mol. The zero-order valence-electron chi connectivity index (χ0n) is 10.9. The average Bonchev–Trinajstić information content (AvgIpc) is 2.29. The van der Waals surface area contributed by atoms with Crippen LogP contribution in [0.15, 0.2) is 18.2 Å². The van der Waals surface area contributed by atoms with E-state index in [1.165, 1.54) is 12.1 Å². The Labute approximate surface area is 110 Å². The molecule has 1 aromatic rings. The quantitative estimate of drug-likeness (QED) is 0.710. The number of carbonyl (C=O) groups is 2. The lowest BCUT2D eigenvalue weighted by Gasteiger charge is -2.26. The van der Waals surface area contributed by atoms with Crippen LogP contribution in [-0.4, -0.2) is 22.5 Å². The SMILES string of the molecule is CC(C)(CCC(=O)O)NC(=O)c1cc(F)ccc1N. The summed E-state index contributed by atoms with van der Waals surface area (Å²) in [6.45, 7) is 3.40. The molecule has 0 spiro atoms. The summed E-state index contributed by atoms with van der Waals surface area (Å²) in [4.78, 5) is 22.5. The van der Waals surface area contributed by atoms with Crippen molar-refractivity contribution >= 4 is 17.6 Å². The standard InChI is InChI=1S/C13H17FN2O3/c1-13(2,6-5-11(17)18)16-12(19)9-7-8(14)3-4-10(9)15/h3-4,7H,5-6,15H2,1-2H3,(H,16,19)(H,17,18). The fourth-order valence-electron chi connectivity index (χ4n) is 1.58. The van der Waals surface area contributed by atoms with E-state index in [4.69, 9.17) is 10.8 Å². The van der Waals surface area contributed by atoms with Crippen LogP contribution in [0.3, 0.4) is 0 Å². The highest BCUT2D eigenvalue weighted by Crippen LogP contribution is 2.17. The van der Waals surface area contributed by atoms with Crippen molar-refractivity contribution in [3.8, 4) is 0 Å². The number of benzene rings is 1. The van der Waals surface area contributed by atoms with Gasteiger partial charge in [0.1, 0.15) is 5.82 Å². The van der Waals surface area contributed by atoms with E-state index in [0.29, 0.717) is 0 Å². The van der Waals surface area contributed by atoms with Crippen molar-refractivity contribution in [3.63, 3.8) is 0 Å². The van der Waals surface area contributed by atoms with Gasteiger partial charge in [0.2, 0.25) is 0 Å². The zero-order valence-corrected chi connectivity index (χ0v) is 10.9. The fourth-order valence-corrected chi connectivity index (χ4v) is 1.58. The Morgan fingerprint density at radius 3 is 2.63 bits per heavy atom. The van der Waals surface area contributed by atoms with Crippen LogP contribution in [0.4, 0.5) is 10.1 Å². The number of halogens is 1. The van der Waals surface area contributed by atoms with Gasteiger partial charge in [-0.2, -0.15) is 0 Å². The Hall–Kier alpha value is -2.11. The van der Waals surface area contributed by atoms with Gasteiger partial charge in [-0.1, -0.05) is 0 Å². The summed E-state index contributed by atoms with van der Waals surface area (Å²) in [7, 11) is 0. The first kappa shape index (κ1) is 14.9. The number of carbonyl (C=O) groups excluding carboxylic acids is 1. The van der Waals surface area contributed by atoms with Gasteiger partial charge in [0.05, 0.1) is 5.56 Å². The molecule has 0 saturated heterocycles. The normalized spacial score (nSPS) is 11.1. The molecule has 1 aromatic carbocycles. The molecule has 0 aliphatic carbocycles. The maximum atomic E-state index is 13.1. The summed E-state index contributed by atoms with van der Waals surface area (Å²) in [5, 5.41) is 11.3. The topological polar surface area (TPSA) is 92.4 Å². The molecule has 19 heavy (non-hydrogen) atoms. The number of carboxylic acid groups (broad SMARTS) is 1. The van der Waals surface area contributed by atoms with Gasteiger partial charge in [0.15, 0.2) is 0 Å². The predicted octanol–water partition coefficient (Wildman–Crippen LogP) is 1.78. The van der Waals surface area contributed by atoms with Crippen LogP contribution in [0.25, 0.3) is 0 Å². The summed E-state index contributed by atoms with van der Waals surface area (Å²) in [6.07, 6.45) is 0.204. The highest BCUT2D eigenvalue weighted by atomic mass is 19.1. The molecule has 0 saturated carbocycles. The number of hydrogen-bond donors (Lipinski definition) is 3. The molecule has 5 nitrogen and oxygen atoms in total. The van der Waals surface area contributed by atoms with E-state index < -0.39 is 23.2 Å².